The van der Waals surface area contributed by atoms with Gasteiger partial charge in [0.2, 0.25) is 11.8 Å². The Hall–Kier alpha value is -2.12. The number of nitro benzene ring substituents is 1. The maximum atomic E-state index is 10.7. The second-order valence-corrected chi connectivity index (χ2v) is 4.16. The third-order valence-corrected chi connectivity index (χ3v) is 2.53. The Balaban J connectivity index is 2.37. The van der Waals surface area contributed by atoms with Crippen LogP contribution in [0.1, 0.15) is 0 Å². The minimum Gasteiger partial charge on any atom is -0.437 e. The molecular weight excluding hydrogens is 295 g/mol. The van der Waals surface area contributed by atoms with Gasteiger partial charge in [-0.3, -0.25) is 10.1 Å². The van der Waals surface area contributed by atoms with Gasteiger partial charge in [-0.25, -0.2) is 4.98 Å². The number of hydrogen-bond donors (Lipinski definition) is 1. The van der Waals surface area contributed by atoms with Gasteiger partial charge in [0.25, 0.3) is 5.69 Å². The molecule has 2 aromatic rings. The third kappa shape index (κ3) is 3.21. The van der Waals surface area contributed by atoms with Crippen LogP contribution in [0.2, 0.25) is 10.2 Å². The lowest BCUT2D eigenvalue weighted by molar-refractivity contribution is -0.384. The van der Waals surface area contributed by atoms with Crippen molar-refractivity contribution in [3.63, 3.8) is 0 Å². The topological polar surface area (TPSA) is 104 Å². The zero-order valence-electron chi connectivity index (χ0n) is 9.21. The van der Waals surface area contributed by atoms with E-state index in [2.05, 4.69) is 9.97 Å². The molecule has 0 aliphatic carbocycles. The lowest BCUT2D eigenvalue weighted by Gasteiger charge is -2.07. The van der Waals surface area contributed by atoms with Gasteiger partial charge in [-0.1, -0.05) is 23.2 Å². The number of nitrogens with zero attached hydrogens (tertiary/aromatic N) is 3. The van der Waals surface area contributed by atoms with E-state index in [0.717, 1.165) is 0 Å². The van der Waals surface area contributed by atoms with Gasteiger partial charge in [0, 0.05) is 12.1 Å². The number of hydrogen-bond acceptors (Lipinski definition) is 6. The standard InChI is InChI=1S/C10H6Cl2N4O3/c11-6-2-1-5(16(17)18)3-7(6)19-9-4-8(12)14-10(13)15-9/h1-4H,(H2,13,14,15). The number of ether oxygens (including phenoxy) is 1. The van der Waals surface area contributed by atoms with Crippen LogP contribution in [0, 0.1) is 10.1 Å². The highest BCUT2D eigenvalue weighted by Gasteiger charge is 2.12. The molecule has 2 rings (SSSR count). The Labute approximate surface area is 117 Å². The van der Waals surface area contributed by atoms with Gasteiger partial charge in [-0.05, 0) is 6.07 Å². The van der Waals surface area contributed by atoms with Crippen molar-refractivity contribution in [2.75, 3.05) is 5.73 Å². The molecule has 1 heterocycles. The van der Waals surface area contributed by atoms with Crippen LogP contribution in [-0.2, 0) is 0 Å². The highest BCUT2D eigenvalue weighted by molar-refractivity contribution is 6.32. The summed E-state index contributed by atoms with van der Waals surface area (Å²) in [5.41, 5.74) is 5.24. The molecule has 0 aliphatic rings. The largest absolute Gasteiger partial charge is 0.437 e. The van der Waals surface area contributed by atoms with Gasteiger partial charge < -0.3 is 10.5 Å². The van der Waals surface area contributed by atoms with Crippen molar-refractivity contribution in [2.24, 2.45) is 0 Å². The average Bonchev–Trinajstić information content (AvgIpc) is 2.30. The second-order valence-electron chi connectivity index (χ2n) is 3.36. The van der Waals surface area contributed by atoms with E-state index < -0.39 is 4.92 Å². The van der Waals surface area contributed by atoms with Gasteiger partial charge in [0.05, 0.1) is 16.0 Å². The molecule has 1 aromatic carbocycles. The predicted octanol–water partition coefficient (Wildman–Crippen LogP) is 3.07. The Bertz CT molecular complexity index is 630. The van der Waals surface area contributed by atoms with E-state index in [1.165, 1.54) is 24.3 Å². The maximum Gasteiger partial charge on any atom is 0.273 e. The number of benzene rings is 1. The molecular formula is C10H6Cl2N4O3. The summed E-state index contributed by atoms with van der Waals surface area (Å²) < 4.78 is 5.31. The van der Waals surface area contributed by atoms with Crippen LogP contribution in [0.25, 0.3) is 0 Å². The molecule has 0 unspecified atom stereocenters. The van der Waals surface area contributed by atoms with E-state index in [4.69, 9.17) is 33.7 Å². The van der Waals surface area contributed by atoms with Crippen LogP contribution in [0.3, 0.4) is 0 Å². The number of anilines is 1. The fourth-order valence-electron chi connectivity index (χ4n) is 1.26. The van der Waals surface area contributed by atoms with Crippen LogP contribution < -0.4 is 10.5 Å². The SMILES string of the molecule is Nc1nc(Cl)cc(Oc2cc([N+](=O)[O-])ccc2Cl)n1. The molecule has 98 valence electrons. The van der Waals surface area contributed by atoms with Crippen molar-refractivity contribution >= 4 is 34.8 Å². The van der Waals surface area contributed by atoms with Gasteiger partial charge in [0.1, 0.15) is 5.15 Å². The number of rotatable bonds is 3. The Morgan fingerprint density at radius 3 is 2.63 bits per heavy atom. The summed E-state index contributed by atoms with van der Waals surface area (Å²) in [6.45, 7) is 0. The number of nitrogens with two attached hydrogens (primary N) is 1. The van der Waals surface area contributed by atoms with Crippen LogP contribution in [0.4, 0.5) is 11.6 Å². The zero-order valence-corrected chi connectivity index (χ0v) is 10.7. The predicted molar refractivity (Wildman–Crippen MR) is 69.6 cm³/mol. The summed E-state index contributed by atoms with van der Waals surface area (Å²) >= 11 is 11.6. The van der Waals surface area contributed by atoms with Crippen LogP contribution >= 0.6 is 23.2 Å². The molecule has 0 bridgehead atoms. The first kappa shape index (κ1) is 13.3. The summed E-state index contributed by atoms with van der Waals surface area (Å²) in [6.07, 6.45) is 0. The fourth-order valence-corrected chi connectivity index (χ4v) is 1.60. The third-order valence-electron chi connectivity index (χ3n) is 2.03. The van der Waals surface area contributed by atoms with Crippen molar-refractivity contribution in [3.8, 4) is 11.6 Å². The number of halogens is 2. The Morgan fingerprint density at radius 2 is 2.00 bits per heavy atom. The first-order valence-electron chi connectivity index (χ1n) is 4.87. The quantitative estimate of drug-likeness (QED) is 0.530. The van der Waals surface area contributed by atoms with Crippen LogP contribution in [0.5, 0.6) is 11.6 Å². The van der Waals surface area contributed by atoms with E-state index in [1.54, 1.807) is 0 Å². The van der Waals surface area contributed by atoms with E-state index in [9.17, 15) is 10.1 Å². The van der Waals surface area contributed by atoms with Gasteiger partial charge in [0.15, 0.2) is 5.75 Å². The van der Waals surface area contributed by atoms with Crippen molar-refractivity contribution in [1.29, 1.82) is 0 Å². The molecule has 1 aromatic heterocycles. The summed E-state index contributed by atoms with van der Waals surface area (Å²) in [5, 5.41) is 10.9. The van der Waals surface area contributed by atoms with E-state index in [0.29, 0.717) is 0 Å². The Morgan fingerprint density at radius 1 is 1.26 bits per heavy atom. The molecule has 0 aliphatic heterocycles. The van der Waals surface area contributed by atoms with Gasteiger partial charge >= 0.3 is 0 Å². The fraction of sp³-hybridized carbons (Fsp3) is 0. The lowest BCUT2D eigenvalue weighted by Crippen LogP contribution is -1.98. The molecule has 0 fully saturated rings. The van der Waals surface area contributed by atoms with E-state index >= 15 is 0 Å². The summed E-state index contributed by atoms with van der Waals surface area (Å²) in [5.74, 6) is 0.0361. The monoisotopic (exact) mass is 300 g/mol. The number of aromatic nitrogens is 2. The maximum absolute atomic E-state index is 10.7. The molecule has 19 heavy (non-hydrogen) atoms. The van der Waals surface area contributed by atoms with E-state index in [-0.39, 0.29) is 33.4 Å². The molecule has 0 spiro atoms. The molecule has 0 radical (unpaired) electrons. The summed E-state index contributed by atoms with van der Waals surface area (Å²) in [4.78, 5) is 17.5. The van der Waals surface area contributed by atoms with Crippen molar-refractivity contribution in [1.82, 2.24) is 9.97 Å². The highest BCUT2D eigenvalue weighted by Crippen LogP contribution is 2.32. The molecule has 0 amide bonds. The highest BCUT2D eigenvalue weighted by atomic mass is 35.5. The van der Waals surface area contributed by atoms with Crippen molar-refractivity contribution < 1.29 is 9.66 Å². The number of non-ortho nitro benzene ring substituents is 1. The van der Waals surface area contributed by atoms with Gasteiger partial charge in [-0.2, -0.15) is 4.98 Å². The first-order valence-corrected chi connectivity index (χ1v) is 5.63. The van der Waals surface area contributed by atoms with Crippen LogP contribution in [0.15, 0.2) is 24.3 Å². The van der Waals surface area contributed by atoms with Crippen LogP contribution in [-0.4, -0.2) is 14.9 Å². The summed E-state index contributed by atoms with van der Waals surface area (Å²) in [6, 6.07) is 5.10. The molecule has 2 N–H and O–H groups in total. The smallest absolute Gasteiger partial charge is 0.273 e. The van der Waals surface area contributed by atoms with Crippen molar-refractivity contribution in [2.45, 2.75) is 0 Å². The molecule has 0 saturated heterocycles. The second kappa shape index (κ2) is 5.25. The molecule has 9 heteroatoms. The number of nitro groups is 1. The van der Waals surface area contributed by atoms with Gasteiger partial charge in [-0.15, -0.1) is 0 Å². The molecule has 0 saturated carbocycles. The normalized spacial score (nSPS) is 10.2. The first-order chi connectivity index (χ1) is 8.95. The minimum atomic E-state index is -0.565. The average molecular weight is 301 g/mol. The molecule has 0 atom stereocenters. The zero-order chi connectivity index (χ0) is 14.0. The summed E-state index contributed by atoms with van der Waals surface area (Å²) in [7, 11) is 0. The molecule has 7 nitrogen and oxygen atoms in total. The minimum absolute atomic E-state index is 0.0416. The lowest BCUT2D eigenvalue weighted by atomic mass is 10.3. The Kier molecular flexibility index (Phi) is 3.68. The van der Waals surface area contributed by atoms with Crippen molar-refractivity contribution in [3.05, 3.63) is 44.6 Å². The van der Waals surface area contributed by atoms with E-state index in [1.807, 2.05) is 0 Å². The number of nitrogen functional groups attached to an aromatic ring is 1.